The number of aliphatic hydroxyl groups is 1. The van der Waals surface area contributed by atoms with Crippen molar-refractivity contribution in [3.63, 3.8) is 0 Å². The fourth-order valence-corrected chi connectivity index (χ4v) is 3.79. The van der Waals surface area contributed by atoms with Crippen molar-refractivity contribution in [2.45, 2.75) is 49.7 Å². The fourth-order valence-electron chi connectivity index (χ4n) is 3.79. The quantitative estimate of drug-likeness (QED) is 0.719. The van der Waals surface area contributed by atoms with Crippen molar-refractivity contribution in [1.29, 1.82) is 0 Å². The predicted molar refractivity (Wildman–Crippen MR) is 77.7 cm³/mol. The van der Waals surface area contributed by atoms with E-state index in [0.717, 1.165) is 0 Å². The highest BCUT2D eigenvalue weighted by Crippen LogP contribution is 2.43. The third-order valence-corrected chi connectivity index (χ3v) is 5.27. The molecule has 23 heavy (non-hydrogen) atoms. The van der Waals surface area contributed by atoms with Crippen LogP contribution in [0.15, 0.2) is 4.42 Å². The van der Waals surface area contributed by atoms with Crippen molar-refractivity contribution in [1.82, 2.24) is 10.3 Å². The average molecular weight is 320 g/mol. The molecule has 2 aliphatic heterocycles. The first-order valence-corrected chi connectivity index (χ1v) is 8.10. The Hall–Kier alpha value is -1.57. The van der Waals surface area contributed by atoms with Crippen LogP contribution in [0.1, 0.15) is 49.4 Å². The van der Waals surface area contributed by atoms with Crippen LogP contribution >= 0.6 is 0 Å². The molecule has 1 unspecified atom stereocenters. The summed E-state index contributed by atoms with van der Waals surface area (Å²) < 4.78 is 11.5. The molecule has 7 nitrogen and oxygen atoms in total. The lowest BCUT2D eigenvalue weighted by molar-refractivity contribution is -0.138. The first kappa shape index (κ1) is 15.0. The molecule has 1 aliphatic carbocycles. The highest BCUT2D eigenvalue weighted by Gasteiger charge is 2.51. The summed E-state index contributed by atoms with van der Waals surface area (Å²) in [6, 6.07) is 0. The van der Waals surface area contributed by atoms with E-state index >= 15 is 0 Å². The summed E-state index contributed by atoms with van der Waals surface area (Å²) in [6.45, 7) is 1.88. The van der Waals surface area contributed by atoms with Gasteiger partial charge < -0.3 is 19.6 Å². The molecule has 0 aromatic carbocycles. The number of hydrogen-bond acceptors (Lipinski definition) is 7. The number of nitrogens with zero attached hydrogens (tertiary/aromatic N) is 1. The zero-order valence-electron chi connectivity index (χ0n) is 12.9. The third kappa shape index (κ3) is 2.26. The number of ketones is 2. The van der Waals surface area contributed by atoms with Crippen LogP contribution in [-0.4, -0.2) is 41.4 Å². The molecule has 0 radical (unpaired) electrons. The maximum Gasteiger partial charge on any atom is 0.226 e. The van der Waals surface area contributed by atoms with E-state index in [2.05, 4.69) is 10.3 Å². The number of aromatic nitrogens is 1. The van der Waals surface area contributed by atoms with Gasteiger partial charge in [-0.3, -0.25) is 9.59 Å². The Morgan fingerprint density at radius 1 is 1.17 bits per heavy atom. The number of hydrogen-bond donors (Lipinski definition) is 2. The predicted octanol–water partition coefficient (Wildman–Crippen LogP) is 0.336. The van der Waals surface area contributed by atoms with Crippen LogP contribution in [0.5, 0.6) is 0 Å². The molecule has 3 heterocycles. The van der Waals surface area contributed by atoms with Gasteiger partial charge in [0.05, 0.1) is 19.6 Å². The Bertz CT molecular complexity index is 661. The van der Waals surface area contributed by atoms with Crippen LogP contribution in [0.25, 0.3) is 0 Å². The van der Waals surface area contributed by atoms with Gasteiger partial charge in [-0.05, 0) is 32.4 Å². The van der Waals surface area contributed by atoms with Gasteiger partial charge in [0.15, 0.2) is 5.78 Å². The minimum absolute atomic E-state index is 0.0375. The maximum absolute atomic E-state index is 12.5. The van der Waals surface area contributed by atoms with Gasteiger partial charge in [0.2, 0.25) is 5.89 Å². The molecular weight excluding hydrogens is 300 g/mol. The Labute approximate surface area is 133 Å². The van der Waals surface area contributed by atoms with Crippen molar-refractivity contribution in [3.05, 3.63) is 17.3 Å². The second-order valence-corrected chi connectivity index (χ2v) is 6.79. The van der Waals surface area contributed by atoms with Crippen LogP contribution in [0, 0.1) is 0 Å². The number of carbonyl (C=O) groups excluding carboxylic acids is 2. The summed E-state index contributed by atoms with van der Waals surface area (Å²) in [5, 5.41) is 14.0. The standard InChI is InChI=1S/C16H20N2O5/c19-10-1-2-15(12(20)7-10)9-22-8-11-13(15)23-14(18-11)16(21)3-5-17-6-4-16/h17,21H,1-9H2. The monoisotopic (exact) mass is 320 g/mol. The van der Waals surface area contributed by atoms with Gasteiger partial charge in [0, 0.05) is 6.42 Å². The molecule has 1 aromatic rings. The Morgan fingerprint density at radius 2 is 1.96 bits per heavy atom. The number of piperidine rings is 1. The lowest BCUT2D eigenvalue weighted by Gasteiger charge is -2.36. The lowest BCUT2D eigenvalue weighted by Crippen LogP contribution is -2.47. The fraction of sp³-hybridized carbons (Fsp3) is 0.688. The van der Waals surface area contributed by atoms with Gasteiger partial charge in [-0.2, -0.15) is 0 Å². The summed E-state index contributed by atoms with van der Waals surface area (Å²) in [6.07, 6.45) is 1.71. The maximum atomic E-state index is 12.5. The van der Waals surface area contributed by atoms with E-state index in [4.69, 9.17) is 9.15 Å². The van der Waals surface area contributed by atoms with Gasteiger partial charge in [0.1, 0.15) is 28.3 Å². The third-order valence-electron chi connectivity index (χ3n) is 5.27. The van der Waals surface area contributed by atoms with E-state index in [-0.39, 0.29) is 37.1 Å². The molecular formula is C16H20N2O5. The van der Waals surface area contributed by atoms with Gasteiger partial charge in [-0.1, -0.05) is 0 Å². The topological polar surface area (TPSA) is 102 Å². The number of rotatable bonds is 1. The van der Waals surface area contributed by atoms with Crippen LogP contribution in [-0.2, 0) is 31.9 Å². The minimum Gasteiger partial charge on any atom is -0.441 e. The highest BCUT2D eigenvalue weighted by molar-refractivity contribution is 6.06. The van der Waals surface area contributed by atoms with Crippen LogP contribution < -0.4 is 5.32 Å². The van der Waals surface area contributed by atoms with E-state index in [9.17, 15) is 14.7 Å². The summed E-state index contributed by atoms with van der Waals surface area (Å²) in [5.74, 6) is 0.584. The summed E-state index contributed by atoms with van der Waals surface area (Å²) in [7, 11) is 0. The van der Waals surface area contributed by atoms with E-state index in [1.165, 1.54) is 0 Å². The highest BCUT2D eigenvalue weighted by atomic mass is 16.5. The van der Waals surface area contributed by atoms with Crippen molar-refractivity contribution in [2.24, 2.45) is 0 Å². The average Bonchev–Trinajstić information content (AvgIpc) is 2.98. The summed E-state index contributed by atoms with van der Waals surface area (Å²) >= 11 is 0. The SMILES string of the molecule is O=C1CCC2(COCc3nc(C4(O)CCNCC4)oc32)C(=O)C1. The largest absolute Gasteiger partial charge is 0.441 e. The van der Waals surface area contributed by atoms with E-state index < -0.39 is 11.0 Å². The Morgan fingerprint density at radius 3 is 2.70 bits per heavy atom. The van der Waals surface area contributed by atoms with Crippen LogP contribution in [0.4, 0.5) is 0 Å². The van der Waals surface area contributed by atoms with Crippen LogP contribution in [0.2, 0.25) is 0 Å². The number of ether oxygens (including phenoxy) is 1. The van der Waals surface area contributed by atoms with E-state index in [1.807, 2.05) is 0 Å². The molecule has 4 rings (SSSR count). The molecule has 2 fully saturated rings. The molecule has 0 bridgehead atoms. The first-order chi connectivity index (χ1) is 11.0. The Kier molecular flexibility index (Phi) is 3.40. The molecule has 1 spiro atoms. The minimum atomic E-state index is -1.10. The van der Waals surface area contributed by atoms with Crippen molar-refractivity contribution < 1.29 is 23.8 Å². The number of oxazole rings is 1. The van der Waals surface area contributed by atoms with Gasteiger partial charge in [0.25, 0.3) is 0 Å². The zero-order chi connectivity index (χ0) is 16.1. The van der Waals surface area contributed by atoms with Gasteiger partial charge in [-0.15, -0.1) is 0 Å². The molecule has 3 aliphatic rings. The number of fused-ring (bicyclic) bond motifs is 2. The van der Waals surface area contributed by atoms with Crippen molar-refractivity contribution in [2.75, 3.05) is 19.7 Å². The molecule has 124 valence electrons. The van der Waals surface area contributed by atoms with E-state index in [0.29, 0.717) is 50.2 Å². The number of nitrogens with one attached hydrogen (secondary N) is 1. The van der Waals surface area contributed by atoms with Crippen molar-refractivity contribution >= 4 is 11.6 Å². The Balaban J connectivity index is 1.74. The van der Waals surface area contributed by atoms with Gasteiger partial charge in [-0.25, -0.2) is 4.98 Å². The first-order valence-electron chi connectivity index (χ1n) is 8.10. The molecule has 2 N–H and O–H groups in total. The van der Waals surface area contributed by atoms with Gasteiger partial charge >= 0.3 is 0 Å². The van der Waals surface area contributed by atoms with E-state index in [1.54, 1.807) is 0 Å². The molecule has 1 aromatic heterocycles. The number of Topliss-reactive ketones (excluding diaryl/α,β-unsaturated/α-hetero) is 2. The normalized spacial score (nSPS) is 30.5. The molecule has 1 saturated heterocycles. The van der Waals surface area contributed by atoms with Crippen molar-refractivity contribution in [3.8, 4) is 0 Å². The van der Waals surface area contributed by atoms with Crippen LogP contribution in [0.3, 0.4) is 0 Å². The summed E-state index contributed by atoms with van der Waals surface area (Å²) in [5.41, 5.74) is -1.42. The smallest absolute Gasteiger partial charge is 0.226 e. The molecule has 0 amide bonds. The molecule has 1 atom stereocenters. The number of carbonyl (C=O) groups is 2. The summed E-state index contributed by atoms with van der Waals surface area (Å²) in [4.78, 5) is 28.6. The lowest BCUT2D eigenvalue weighted by atomic mass is 9.70. The molecule has 1 saturated carbocycles. The molecule has 7 heteroatoms. The second-order valence-electron chi connectivity index (χ2n) is 6.79. The second kappa shape index (κ2) is 5.22. The zero-order valence-corrected chi connectivity index (χ0v) is 12.9.